The first-order valence-corrected chi connectivity index (χ1v) is 6.66. The predicted molar refractivity (Wildman–Crippen MR) is 77.9 cm³/mol. The second-order valence-electron chi connectivity index (χ2n) is 4.62. The van der Waals surface area contributed by atoms with Crippen LogP contribution < -0.4 is 15.8 Å². The van der Waals surface area contributed by atoms with Crippen LogP contribution in [0, 0.1) is 10.8 Å². The van der Waals surface area contributed by atoms with E-state index in [1.807, 2.05) is 30.3 Å². The Kier molecular flexibility index (Phi) is 4.91. The molecular formula is C13H20N6O. The summed E-state index contributed by atoms with van der Waals surface area (Å²) in [5, 5.41) is 30.5. The SMILES string of the molecule is N=C(NO)NC(=N)N(c1ccccc1)N1CCCCC1. The number of para-hydroxylation sites is 1. The molecule has 5 N–H and O–H groups in total. The third-order valence-corrected chi connectivity index (χ3v) is 3.18. The summed E-state index contributed by atoms with van der Waals surface area (Å²) in [6, 6.07) is 9.58. The van der Waals surface area contributed by atoms with Gasteiger partial charge in [-0.05, 0) is 25.0 Å². The molecule has 1 aliphatic rings. The van der Waals surface area contributed by atoms with E-state index in [9.17, 15) is 0 Å². The summed E-state index contributed by atoms with van der Waals surface area (Å²) in [7, 11) is 0. The molecule has 0 spiro atoms. The van der Waals surface area contributed by atoms with Crippen molar-refractivity contribution in [2.45, 2.75) is 19.3 Å². The molecule has 2 rings (SSSR count). The predicted octanol–water partition coefficient (Wildman–Crippen LogP) is 1.33. The number of nitrogens with zero attached hydrogens (tertiary/aromatic N) is 2. The fourth-order valence-corrected chi connectivity index (χ4v) is 2.28. The maximum absolute atomic E-state index is 8.68. The number of hydrogen-bond acceptors (Lipinski definition) is 4. The molecule has 1 saturated heterocycles. The Hall–Kier alpha value is -2.12. The summed E-state index contributed by atoms with van der Waals surface area (Å²) in [4.78, 5) is 0. The van der Waals surface area contributed by atoms with E-state index in [-0.39, 0.29) is 11.9 Å². The van der Waals surface area contributed by atoms with E-state index in [1.54, 1.807) is 10.5 Å². The van der Waals surface area contributed by atoms with Crippen LogP contribution in [0.5, 0.6) is 0 Å². The molecule has 1 heterocycles. The number of benzene rings is 1. The van der Waals surface area contributed by atoms with Crippen molar-refractivity contribution in [3.63, 3.8) is 0 Å². The average molecular weight is 276 g/mol. The van der Waals surface area contributed by atoms with Gasteiger partial charge >= 0.3 is 0 Å². The Bertz CT molecular complexity index is 457. The van der Waals surface area contributed by atoms with Gasteiger partial charge in [-0.1, -0.05) is 24.6 Å². The summed E-state index contributed by atoms with van der Waals surface area (Å²) in [6.45, 7) is 1.75. The molecule has 0 atom stereocenters. The van der Waals surface area contributed by atoms with Gasteiger partial charge in [0.15, 0.2) is 0 Å². The van der Waals surface area contributed by atoms with Gasteiger partial charge in [-0.3, -0.25) is 21.3 Å². The van der Waals surface area contributed by atoms with Crippen molar-refractivity contribution in [2.24, 2.45) is 0 Å². The zero-order valence-electron chi connectivity index (χ0n) is 11.3. The van der Waals surface area contributed by atoms with E-state index < -0.39 is 0 Å². The number of piperidine rings is 1. The summed E-state index contributed by atoms with van der Waals surface area (Å²) in [6.07, 6.45) is 3.38. The molecule has 0 radical (unpaired) electrons. The van der Waals surface area contributed by atoms with Gasteiger partial charge in [0.05, 0.1) is 5.69 Å². The quantitative estimate of drug-likeness (QED) is 0.319. The number of anilines is 1. The fraction of sp³-hybridized carbons (Fsp3) is 0.385. The maximum Gasteiger partial charge on any atom is 0.219 e. The average Bonchev–Trinajstić information content (AvgIpc) is 2.49. The monoisotopic (exact) mass is 276 g/mol. The topological polar surface area (TPSA) is 98.5 Å². The highest BCUT2D eigenvalue weighted by Gasteiger charge is 2.22. The third-order valence-electron chi connectivity index (χ3n) is 3.18. The zero-order valence-corrected chi connectivity index (χ0v) is 11.3. The second kappa shape index (κ2) is 6.88. The Labute approximate surface area is 118 Å². The minimum Gasteiger partial charge on any atom is -0.294 e. The largest absolute Gasteiger partial charge is 0.294 e. The van der Waals surface area contributed by atoms with Crippen molar-refractivity contribution in [1.29, 1.82) is 10.8 Å². The molecule has 7 nitrogen and oxygen atoms in total. The number of nitrogens with one attached hydrogen (secondary N) is 4. The minimum absolute atomic E-state index is 0.0321. The van der Waals surface area contributed by atoms with E-state index in [2.05, 4.69) is 10.3 Å². The lowest BCUT2D eigenvalue weighted by Crippen LogP contribution is -2.55. The van der Waals surface area contributed by atoms with Gasteiger partial charge in [-0.25, -0.2) is 15.5 Å². The lowest BCUT2D eigenvalue weighted by atomic mass is 10.1. The van der Waals surface area contributed by atoms with Crippen LogP contribution in [0.4, 0.5) is 5.69 Å². The number of rotatable bonds is 2. The number of hydrogen-bond donors (Lipinski definition) is 5. The van der Waals surface area contributed by atoms with Gasteiger partial charge in [0.1, 0.15) is 0 Å². The molecule has 0 aromatic heterocycles. The summed E-state index contributed by atoms with van der Waals surface area (Å²) in [5.74, 6) is -0.294. The van der Waals surface area contributed by atoms with Gasteiger partial charge in [-0.2, -0.15) is 0 Å². The van der Waals surface area contributed by atoms with E-state index in [1.165, 1.54) is 6.42 Å². The van der Waals surface area contributed by atoms with Crippen molar-refractivity contribution < 1.29 is 5.21 Å². The lowest BCUT2D eigenvalue weighted by molar-refractivity contribution is 0.227. The molecule has 0 unspecified atom stereocenters. The van der Waals surface area contributed by atoms with Crippen molar-refractivity contribution >= 4 is 17.6 Å². The van der Waals surface area contributed by atoms with Gasteiger partial charge < -0.3 is 0 Å². The van der Waals surface area contributed by atoms with Crippen LogP contribution in [-0.4, -0.2) is 35.2 Å². The van der Waals surface area contributed by atoms with Crippen LogP contribution in [0.1, 0.15) is 19.3 Å². The Morgan fingerprint density at radius 2 is 1.75 bits per heavy atom. The van der Waals surface area contributed by atoms with Crippen LogP contribution in [0.15, 0.2) is 30.3 Å². The first-order valence-electron chi connectivity index (χ1n) is 6.66. The van der Waals surface area contributed by atoms with Crippen molar-refractivity contribution in [1.82, 2.24) is 15.8 Å². The van der Waals surface area contributed by atoms with E-state index in [0.29, 0.717) is 0 Å². The number of hydrazine groups is 1. The molecule has 0 bridgehead atoms. The summed E-state index contributed by atoms with van der Waals surface area (Å²) >= 11 is 0. The van der Waals surface area contributed by atoms with Crippen LogP contribution in [0.2, 0.25) is 0 Å². The number of hydroxylamine groups is 1. The molecule has 0 aliphatic carbocycles. The Morgan fingerprint density at radius 1 is 1.10 bits per heavy atom. The highest BCUT2D eigenvalue weighted by Crippen LogP contribution is 2.19. The standard InChI is InChI=1S/C13H20N6O/c14-12(17-20)16-13(15)19(11-7-3-1-4-8-11)18-9-5-2-6-10-18/h1,3-4,7-8,20H,2,5-6,9-10H2,(H4,14,15,16,17). The van der Waals surface area contributed by atoms with Gasteiger partial charge in [0, 0.05) is 13.1 Å². The Morgan fingerprint density at radius 3 is 2.35 bits per heavy atom. The highest BCUT2D eigenvalue weighted by atomic mass is 16.5. The van der Waals surface area contributed by atoms with Crippen LogP contribution in [-0.2, 0) is 0 Å². The van der Waals surface area contributed by atoms with Crippen LogP contribution in [0.3, 0.4) is 0 Å². The molecule has 7 heteroatoms. The molecule has 0 amide bonds. The smallest absolute Gasteiger partial charge is 0.219 e. The molecule has 20 heavy (non-hydrogen) atoms. The van der Waals surface area contributed by atoms with Crippen LogP contribution >= 0.6 is 0 Å². The normalized spacial score (nSPS) is 15.4. The molecule has 1 aromatic rings. The maximum atomic E-state index is 8.68. The molecule has 1 aliphatic heterocycles. The zero-order chi connectivity index (χ0) is 14.4. The van der Waals surface area contributed by atoms with Gasteiger partial charge in [-0.15, -0.1) is 0 Å². The van der Waals surface area contributed by atoms with Crippen LogP contribution in [0.25, 0.3) is 0 Å². The van der Waals surface area contributed by atoms with E-state index in [4.69, 9.17) is 16.0 Å². The first kappa shape index (κ1) is 14.3. The van der Waals surface area contributed by atoms with Gasteiger partial charge in [0.2, 0.25) is 11.9 Å². The fourth-order valence-electron chi connectivity index (χ4n) is 2.28. The third kappa shape index (κ3) is 3.46. The first-order chi connectivity index (χ1) is 9.72. The van der Waals surface area contributed by atoms with E-state index >= 15 is 0 Å². The second-order valence-corrected chi connectivity index (χ2v) is 4.62. The Balaban J connectivity index is 2.19. The van der Waals surface area contributed by atoms with Crippen molar-refractivity contribution in [2.75, 3.05) is 18.1 Å². The van der Waals surface area contributed by atoms with Crippen molar-refractivity contribution in [3.05, 3.63) is 30.3 Å². The lowest BCUT2D eigenvalue weighted by Gasteiger charge is -2.38. The van der Waals surface area contributed by atoms with Gasteiger partial charge in [0.25, 0.3) is 0 Å². The highest BCUT2D eigenvalue weighted by molar-refractivity contribution is 6.03. The van der Waals surface area contributed by atoms with E-state index in [0.717, 1.165) is 31.6 Å². The summed E-state index contributed by atoms with van der Waals surface area (Å²) < 4.78 is 0. The molecule has 0 saturated carbocycles. The summed E-state index contributed by atoms with van der Waals surface area (Å²) in [5.41, 5.74) is 2.55. The molecular weight excluding hydrogens is 256 g/mol. The molecule has 1 fully saturated rings. The number of guanidine groups is 2. The molecule has 108 valence electrons. The van der Waals surface area contributed by atoms with Crippen molar-refractivity contribution in [3.8, 4) is 0 Å². The molecule has 1 aromatic carbocycles. The minimum atomic E-state index is -0.326.